The summed E-state index contributed by atoms with van der Waals surface area (Å²) in [6, 6.07) is 8.92. The third kappa shape index (κ3) is 7.75. The van der Waals surface area contributed by atoms with Gasteiger partial charge in [0.25, 0.3) is 0 Å². The fourth-order valence-electron chi connectivity index (χ4n) is 5.00. The normalized spacial score (nSPS) is 22.3. The largest absolute Gasteiger partial charge is 0.354 e. The molecule has 10 nitrogen and oxygen atoms in total. The van der Waals surface area contributed by atoms with Crippen molar-refractivity contribution in [2.24, 2.45) is 10.4 Å². The van der Waals surface area contributed by atoms with Gasteiger partial charge in [0.2, 0.25) is 17.8 Å². The summed E-state index contributed by atoms with van der Waals surface area (Å²) in [5, 5.41) is 21.7. The number of guanidine groups is 1. The molecule has 1 spiro atoms. The lowest BCUT2D eigenvalue weighted by atomic mass is 10.0. The van der Waals surface area contributed by atoms with Crippen LogP contribution in [0, 0.1) is 28.6 Å². The molecule has 0 bridgehead atoms. The number of hydrogen-bond acceptors (Lipinski definition) is 8. The Morgan fingerprint density at radius 3 is 2.83 bits per heavy atom. The molecular formula is C31H40N8O2. The number of likely N-dealkylation sites (tertiary alicyclic amines) is 1. The number of carbonyl (C=O) groups excluding carboxylic acids is 2. The lowest BCUT2D eigenvalue weighted by molar-refractivity contribution is -0.135. The number of unbranched alkanes of at least 4 members (excludes halogenated alkanes) is 1. The predicted octanol–water partition coefficient (Wildman–Crippen LogP) is 2.15. The van der Waals surface area contributed by atoms with Gasteiger partial charge in [0, 0.05) is 44.0 Å². The van der Waals surface area contributed by atoms with Crippen molar-refractivity contribution in [3.63, 3.8) is 0 Å². The first-order chi connectivity index (χ1) is 19.7. The number of nitrogens with zero attached hydrogens (tertiary/aromatic N) is 4. The van der Waals surface area contributed by atoms with Crippen LogP contribution in [0.4, 0.5) is 5.69 Å². The highest BCUT2D eigenvalue weighted by molar-refractivity contribution is 5.96. The number of carbonyl (C=O) groups is 2. The highest BCUT2D eigenvalue weighted by Gasteiger charge is 2.54. The topological polar surface area (TPSA) is 125 Å². The Hall–Kier alpha value is -4.12. The molecule has 2 unspecified atom stereocenters. The smallest absolute Gasteiger partial charge is 0.246 e. The second-order valence-electron chi connectivity index (χ2n) is 11.3. The lowest BCUT2D eigenvalue weighted by Crippen LogP contribution is -2.47. The van der Waals surface area contributed by atoms with Gasteiger partial charge in [-0.2, -0.15) is 5.26 Å². The van der Waals surface area contributed by atoms with Crippen LogP contribution in [-0.2, 0) is 9.59 Å². The lowest BCUT2D eigenvalue weighted by Gasteiger charge is -2.30. The van der Waals surface area contributed by atoms with E-state index < -0.39 is 11.7 Å². The van der Waals surface area contributed by atoms with Crippen LogP contribution in [0.3, 0.4) is 0 Å². The van der Waals surface area contributed by atoms with Gasteiger partial charge in [-0.15, -0.1) is 0 Å². The third-order valence-corrected chi connectivity index (χ3v) is 7.74. The summed E-state index contributed by atoms with van der Waals surface area (Å²) < 4.78 is 0. The molecule has 1 aromatic carbocycles. The molecule has 4 N–H and O–H groups in total. The second-order valence-corrected chi connectivity index (χ2v) is 11.3. The van der Waals surface area contributed by atoms with Crippen LogP contribution in [0.2, 0.25) is 0 Å². The number of nitriles is 1. The summed E-state index contributed by atoms with van der Waals surface area (Å²) in [5.41, 5.74) is 1.53. The standard InChI is InChI=1S/C31H40N8O2/c1-30(33-2)24(21-35-29(37-30)36-25-12-8-10-23(18-25)20-32)11-6-5-7-16-34-28(41)26-19-31(14-15-31)22-39(26)27(40)13-9-17-38(3)4/h8-10,12-13,18,21,26,33H,5,7,14-17,19,22H2,1-4H3,(H,34,41)(H2,35,36,37)/b13-9+. The monoisotopic (exact) mass is 556 g/mol. The van der Waals surface area contributed by atoms with E-state index in [1.807, 2.05) is 57.4 Å². The second kappa shape index (κ2) is 13.0. The van der Waals surface area contributed by atoms with Gasteiger partial charge in [-0.25, -0.2) is 4.99 Å². The molecule has 2 atom stereocenters. The zero-order chi connectivity index (χ0) is 29.5. The highest BCUT2D eigenvalue weighted by atomic mass is 16.2. The molecule has 2 heterocycles. The Morgan fingerprint density at radius 2 is 2.12 bits per heavy atom. The van der Waals surface area contributed by atoms with E-state index in [1.54, 1.807) is 23.1 Å². The van der Waals surface area contributed by atoms with Crippen molar-refractivity contribution in [3.8, 4) is 17.9 Å². The number of anilines is 1. The van der Waals surface area contributed by atoms with Crippen LogP contribution in [0.25, 0.3) is 0 Å². The van der Waals surface area contributed by atoms with Gasteiger partial charge in [0.05, 0.1) is 17.2 Å². The molecule has 0 aromatic heterocycles. The van der Waals surface area contributed by atoms with Crippen molar-refractivity contribution in [2.45, 2.75) is 50.7 Å². The van der Waals surface area contributed by atoms with E-state index in [0.717, 1.165) is 30.5 Å². The van der Waals surface area contributed by atoms with Gasteiger partial charge in [-0.05, 0) is 77.4 Å². The van der Waals surface area contributed by atoms with E-state index in [-0.39, 0.29) is 17.2 Å². The number of rotatable bonds is 9. The van der Waals surface area contributed by atoms with Crippen LogP contribution in [0.1, 0.15) is 44.6 Å². The van der Waals surface area contributed by atoms with E-state index in [9.17, 15) is 9.59 Å². The summed E-state index contributed by atoms with van der Waals surface area (Å²) >= 11 is 0. The molecule has 1 saturated carbocycles. The van der Waals surface area contributed by atoms with Gasteiger partial charge < -0.3 is 25.8 Å². The molecule has 2 aliphatic heterocycles. The van der Waals surface area contributed by atoms with E-state index in [0.29, 0.717) is 44.0 Å². The van der Waals surface area contributed by atoms with E-state index >= 15 is 0 Å². The minimum Gasteiger partial charge on any atom is -0.354 e. The fraction of sp³-hybridized carbons (Fsp3) is 0.484. The molecule has 41 heavy (non-hydrogen) atoms. The van der Waals surface area contributed by atoms with Crippen LogP contribution in [-0.4, -0.2) is 80.1 Å². The molecule has 4 rings (SSSR count). The fourth-order valence-corrected chi connectivity index (χ4v) is 5.00. The zero-order valence-electron chi connectivity index (χ0n) is 24.4. The molecular weight excluding hydrogens is 516 g/mol. The third-order valence-electron chi connectivity index (χ3n) is 7.74. The SMILES string of the molecule is CNC1(C)N=C(Nc2cccc(C#N)c2)NC=C1C#CCCCNC(=O)C1CC2(CC2)CN1C(=O)/C=C/CN(C)C. The average Bonchev–Trinajstić information content (AvgIpc) is 3.60. The van der Waals surface area contributed by atoms with Gasteiger partial charge in [0.15, 0.2) is 0 Å². The molecule has 2 fully saturated rings. The van der Waals surface area contributed by atoms with Crippen molar-refractivity contribution in [3.05, 3.63) is 53.8 Å². The Morgan fingerprint density at radius 1 is 1.32 bits per heavy atom. The van der Waals surface area contributed by atoms with E-state index in [4.69, 9.17) is 10.3 Å². The van der Waals surface area contributed by atoms with Crippen molar-refractivity contribution < 1.29 is 9.59 Å². The quantitative estimate of drug-likeness (QED) is 0.209. The molecule has 1 aromatic rings. The van der Waals surface area contributed by atoms with Crippen LogP contribution in [0.15, 0.2) is 53.2 Å². The van der Waals surface area contributed by atoms with E-state index in [2.05, 4.69) is 39.2 Å². The van der Waals surface area contributed by atoms with Crippen molar-refractivity contribution in [1.29, 1.82) is 5.26 Å². The number of likely N-dealkylation sites (N-methyl/N-ethyl adjacent to an activating group) is 2. The maximum absolute atomic E-state index is 13.0. The Labute approximate surface area is 242 Å². The number of benzene rings is 1. The predicted molar refractivity (Wildman–Crippen MR) is 160 cm³/mol. The first-order valence-corrected chi connectivity index (χ1v) is 14.1. The van der Waals surface area contributed by atoms with Gasteiger partial charge in [-0.3, -0.25) is 14.9 Å². The summed E-state index contributed by atoms with van der Waals surface area (Å²) in [6.07, 6.45) is 9.50. The molecule has 1 aliphatic carbocycles. The molecule has 2 amide bonds. The van der Waals surface area contributed by atoms with E-state index in [1.165, 1.54) is 0 Å². The van der Waals surface area contributed by atoms with Crippen LogP contribution in [0.5, 0.6) is 0 Å². The van der Waals surface area contributed by atoms with Crippen LogP contribution >= 0.6 is 0 Å². The summed E-state index contributed by atoms with van der Waals surface area (Å²) in [7, 11) is 5.73. The summed E-state index contributed by atoms with van der Waals surface area (Å²) in [4.78, 5) is 34.3. The molecule has 0 radical (unpaired) electrons. The summed E-state index contributed by atoms with van der Waals surface area (Å²) in [5.74, 6) is 6.79. The Kier molecular flexibility index (Phi) is 9.49. The molecule has 1 saturated heterocycles. The molecule has 216 valence electrons. The van der Waals surface area contributed by atoms with Crippen molar-refractivity contribution in [1.82, 2.24) is 25.8 Å². The van der Waals surface area contributed by atoms with Gasteiger partial charge in [-0.1, -0.05) is 24.0 Å². The highest BCUT2D eigenvalue weighted by Crippen LogP contribution is 2.54. The number of hydrogen-bond donors (Lipinski definition) is 4. The number of nitrogens with one attached hydrogen (secondary N) is 4. The van der Waals surface area contributed by atoms with Crippen LogP contribution < -0.4 is 21.3 Å². The Balaban J connectivity index is 1.26. The van der Waals surface area contributed by atoms with Gasteiger partial charge >= 0.3 is 0 Å². The summed E-state index contributed by atoms with van der Waals surface area (Å²) in [6.45, 7) is 3.80. The molecule has 3 aliphatic rings. The van der Waals surface area contributed by atoms with Crippen molar-refractivity contribution >= 4 is 23.5 Å². The number of amides is 2. The maximum Gasteiger partial charge on any atom is 0.246 e. The van der Waals surface area contributed by atoms with Crippen molar-refractivity contribution in [2.75, 3.05) is 46.1 Å². The average molecular weight is 557 g/mol. The zero-order valence-corrected chi connectivity index (χ0v) is 24.4. The van der Waals surface area contributed by atoms with Gasteiger partial charge in [0.1, 0.15) is 11.7 Å². The molecule has 10 heteroatoms. The first kappa shape index (κ1) is 29.9. The minimum absolute atomic E-state index is 0.0762. The first-order valence-electron chi connectivity index (χ1n) is 14.1. The Bertz CT molecular complexity index is 1340. The minimum atomic E-state index is -0.722. The maximum atomic E-state index is 13.0. The number of aliphatic imine (C=N–C) groups is 1.